The highest BCUT2D eigenvalue weighted by Crippen LogP contribution is 2.47. The van der Waals surface area contributed by atoms with Gasteiger partial charge in [0.05, 0.1) is 0 Å². The molecule has 0 N–H and O–H groups in total. The van der Waals surface area contributed by atoms with Crippen LogP contribution in [0.3, 0.4) is 0 Å². The molecule has 0 fully saturated rings. The molecule has 0 aliphatic heterocycles. The molecule has 0 saturated carbocycles. The van der Waals surface area contributed by atoms with Crippen LogP contribution in [0.2, 0.25) is 0 Å². The molecule has 0 amide bonds. The molecule has 0 radical (unpaired) electrons. The van der Waals surface area contributed by atoms with Crippen LogP contribution in [-0.2, 0) is 0 Å². The molecule has 226 valence electrons. The second-order valence-electron chi connectivity index (χ2n) is 13.2. The number of benzene rings is 10. The highest BCUT2D eigenvalue weighted by atomic mass is 16.3. The van der Waals surface area contributed by atoms with Crippen molar-refractivity contribution in [2.45, 2.75) is 0 Å². The van der Waals surface area contributed by atoms with Gasteiger partial charge in [-0.2, -0.15) is 0 Å². The van der Waals surface area contributed by atoms with E-state index < -0.39 is 0 Å². The average Bonchev–Trinajstić information content (AvgIpc) is 3.52. The Bertz CT molecular complexity index is 3100. The predicted molar refractivity (Wildman–Crippen MR) is 210 cm³/mol. The van der Waals surface area contributed by atoms with E-state index in [2.05, 4.69) is 170 Å². The van der Waals surface area contributed by atoms with E-state index in [4.69, 9.17) is 4.42 Å². The van der Waals surface area contributed by atoms with Gasteiger partial charge in [0.15, 0.2) is 0 Å². The zero-order valence-electron chi connectivity index (χ0n) is 26.6. The van der Waals surface area contributed by atoms with Crippen molar-refractivity contribution in [1.82, 2.24) is 0 Å². The average molecular weight is 621 g/mol. The van der Waals surface area contributed by atoms with Gasteiger partial charge in [0.1, 0.15) is 11.2 Å². The number of fused-ring (bicyclic) bond motifs is 10. The van der Waals surface area contributed by atoms with Gasteiger partial charge in [-0.25, -0.2) is 0 Å². The summed E-state index contributed by atoms with van der Waals surface area (Å²) in [5, 5.41) is 17.3. The Balaban J connectivity index is 1.20. The van der Waals surface area contributed by atoms with Crippen LogP contribution >= 0.6 is 0 Å². The van der Waals surface area contributed by atoms with Crippen LogP contribution in [0.1, 0.15) is 0 Å². The van der Waals surface area contributed by atoms with Crippen LogP contribution in [0.4, 0.5) is 0 Å². The molecule has 10 aromatic carbocycles. The summed E-state index contributed by atoms with van der Waals surface area (Å²) in [6, 6.07) is 62.2. The Kier molecular flexibility index (Phi) is 5.45. The minimum Gasteiger partial charge on any atom is -0.456 e. The maximum absolute atomic E-state index is 6.53. The van der Waals surface area contributed by atoms with Crippen LogP contribution in [-0.4, -0.2) is 0 Å². The highest BCUT2D eigenvalue weighted by molar-refractivity contribution is 6.26. The van der Waals surface area contributed by atoms with E-state index in [0.717, 1.165) is 21.9 Å². The largest absolute Gasteiger partial charge is 0.456 e. The molecule has 0 aliphatic carbocycles. The molecule has 49 heavy (non-hydrogen) atoms. The molecular weight excluding hydrogens is 593 g/mol. The highest BCUT2D eigenvalue weighted by Gasteiger charge is 2.20. The molecule has 0 spiro atoms. The van der Waals surface area contributed by atoms with Crippen molar-refractivity contribution < 1.29 is 4.42 Å². The van der Waals surface area contributed by atoms with E-state index in [-0.39, 0.29) is 0 Å². The van der Waals surface area contributed by atoms with Gasteiger partial charge in [-0.3, -0.25) is 0 Å². The molecule has 1 nitrogen and oxygen atoms in total. The summed E-state index contributed by atoms with van der Waals surface area (Å²) >= 11 is 0. The smallest absolute Gasteiger partial charge is 0.136 e. The van der Waals surface area contributed by atoms with Crippen LogP contribution in [0.15, 0.2) is 174 Å². The fourth-order valence-electron chi connectivity index (χ4n) is 8.36. The first kappa shape index (κ1) is 26.6. The summed E-state index contributed by atoms with van der Waals surface area (Å²) in [5.74, 6) is 0. The van der Waals surface area contributed by atoms with E-state index in [1.807, 2.05) is 0 Å². The Morgan fingerprint density at radius 1 is 0.286 bits per heavy atom. The molecule has 0 bridgehead atoms. The predicted octanol–water partition coefficient (Wildman–Crippen LogP) is 13.8. The number of rotatable bonds is 2. The molecule has 0 saturated heterocycles. The minimum absolute atomic E-state index is 0.912. The number of furan rings is 1. The van der Waals surface area contributed by atoms with Crippen LogP contribution < -0.4 is 0 Å². The van der Waals surface area contributed by atoms with Crippen molar-refractivity contribution in [3.8, 4) is 22.3 Å². The fraction of sp³-hybridized carbons (Fsp3) is 0. The standard InChI is InChI=1S/C48H28O/c1-2-11-30-26-42-34(24-29(30)10-1)21-20-33-25-35(22-23-36(33)42)46-37-14-5-7-16-39(37)47(40-17-8-6-15-38(40)46)41-18-9-19-44-48(41)43-27-31-12-3-4-13-32(31)28-45(43)49-44/h1-28H. The maximum Gasteiger partial charge on any atom is 0.136 e. The summed E-state index contributed by atoms with van der Waals surface area (Å²) in [4.78, 5) is 0. The van der Waals surface area contributed by atoms with Crippen LogP contribution in [0.5, 0.6) is 0 Å². The lowest BCUT2D eigenvalue weighted by Crippen LogP contribution is -1.91. The van der Waals surface area contributed by atoms with Crippen molar-refractivity contribution >= 4 is 86.6 Å². The van der Waals surface area contributed by atoms with E-state index in [0.29, 0.717) is 0 Å². The second kappa shape index (κ2) is 10.0. The Morgan fingerprint density at radius 2 is 0.837 bits per heavy atom. The van der Waals surface area contributed by atoms with Crippen LogP contribution in [0, 0.1) is 0 Å². The third-order valence-electron chi connectivity index (χ3n) is 10.6. The summed E-state index contributed by atoms with van der Waals surface area (Å²) in [6.07, 6.45) is 0. The normalized spacial score (nSPS) is 12.1. The summed E-state index contributed by atoms with van der Waals surface area (Å²) in [7, 11) is 0. The van der Waals surface area contributed by atoms with E-state index in [1.165, 1.54) is 86.9 Å². The first-order valence-electron chi connectivity index (χ1n) is 16.9. The van der Waals surface area contributed by atoms with E-state index in [1.54, 1.807) is 0 Å². The quantitative estimate of drug-likeness (QED) is 0.138. The maximum atomic E-state index is 6.53. The Hall–Kier alpha value is -6.44. The van der Waals surface area contributed by atoms with Gasteiger partial charge in [0.25, 0.3) is 0 Å². The third-order valence-corrected chi connectivity index (χ3v) is 10.6. The van der Waals surface area contributed by atoms with Crippen LogP contribution in [0.25, 0.3) is 109 Å². The van der Waals surface area contributed by atoms with Crippen molar-refractivity contribution in [2.24, 2.45) is 0 Å². The topological polar surface area (TPSA) is 13.1 Å². The first-order chi connectivity index (χ1) is 24.3. The SMILES string of the molecule is c1ccc2cc3c(ccc4cc(-c5c6ccccc6c(-c6cccc7oc8cc9ccccc9cc8c67)c6ccccc56)ccc43)cc2c1. The van der Waals surface area contributed by atoms with Gasteiger partial charge in [0.2, 0.25) is 0 Å². The lowest BCUT2D eigenvalue weighted by molar-refractivity contribution is 0.669. The van der Waals surface area contributed by atoms with E-state index >= 15 is 0 Å². The van der Waals surface area contributed by atoms with Gasteiger partial charge >= 0.3 is 0 Å². The fourth-order valence-corrected chi connectivity index (χ4v) is 8.36. The first-order valence-corrected chi connectivity index (χ1v) is 16.9. The minimum atomic E-state index is 0.912. The molecule has 11 rings (SSSR count). The molecule has 0 atom stereocenters. The molecule has 0 unspecified atom stereocenters. The lowest BCUT2D eigenvalue weighted by Gasteiger charge is -2.18. The van der Waals surface area contributed by atoms with Crippen molar-refractivity contribution in [2.75, 3.05) is 0 Å². The second-order valence-corrected chi connectivity index (χ2v) is 13.2. The van der Waals surface area contributed by atoms with Crippen molar-refractivity contribution in [1.29, 1.82) is 0 Å². The number of hydrogen-bond acceptors (Lipinski definition) is 1. The van der Waals surface area contributed by atoms with E-state index in [9.17, 15) is 0 Å². The van der Waals surface area contributed by atoms with Crippen molar-refractivity contribution in [3.05, 3.63) is 170 Å². The number of hydrogen-bond donors (Lipinski definition) is 0. The summed E-state index contributed by atoms with van der Waals surface area (Å²) < 4.78 is 6.53. The molecule has 11 aromatic rings. The zero-order valence-corrected chi connectivity index (χ0v) is 26.6. The van der Waals surface area contributed by atoms with Crippen molar-refractivity contribution in [3.63, 3.8) is 0 Å². The Morgan fingerprint density at radius 3 is 1.51 bits per heavy atom. The zero-order chi connectivity index (χ0) is 32.1. The molecular formula is C48H28O. The van der Waals surface area contributed by atoms with Gasteiger partial charge in [-0.05, 0) is 123 Å². The third kappa shape index (κ3) is 3.87. The molecule has 1 aromatic heterocycles. The van der Waals surface area contributed by atoms with Gasteiger partial charge in [0, 0.05) is 10.8 Å². The molecule has 0 aliphatic rings. The van der Waals surface area contributed by atoms with Gasteiger partial charge < -0.3 is 4.42 Å². The Labute approximate surface area is 282 Å². The molecule has 1 heteroatoms. The monoisotopic (exact) mass is 620 g/mol. The lowest BCUT2D eigenvalue weighted by atomic mass is 9.84. The van der Waals surface area contributed by atoms with Gasteiger partial charge in [-0.1, -0.05) is 133 Å². The molecule has 1 heterocycles. The van der Waals surface area contributed by atoms with Gasteiger partial charge in [-0.15, -0.1) is 0 Å². The summed E-state index contributed by atoms with van der Waals surface area (Å²) in [5.41, 5.74) is 6.77. The summed E-state index contributed by atoms with van der Waals surface area (Å²) in [6.45, 7) is 0.